The molecule has 3 rings (SSSR count). The van der Waals surface area contributed by atoms with Crippen molar-refractivity contribution in [3.8, 4) is 11.1 Å². The lowest BCUT2D eigenvalue weighted by atomic mass is 9.91. The third-order valence-corrected chi connectivity index (χ3v) is 4.77. The maximum Gasteiger partial charge on any atom is 0.407 e. The van der Waals surface area contributed by atoms with E-state index in [0.717, 1.165) is 39.7 Å². The molecule has 0 aliphatic rings. The van der Waals surface area contributed by atoms with Gasteiger partial charge in [-0.05, 0) is 69.4 Å². The van der Waals surface area contributed by atoms with Crippen molar-refractivity contribution in [1.82, 2.24) is 10.3 Å². The molecule has 0 saturated carbocycles. The summed E-state index contributed by atoms with van der Waals surface area (Å²) in [6.07, 6.45) is 0.409. The van der Waals surface area contributed by atoms with Gasteiger partial charge in [-0.1, -0.05) is 49.7 Å². The van der Waals surface area contributed by atoms with Crippen molar-refractivity contribution in [2.75, 3.05) is 0 Å². The Morgan fingerprint density at radius 3 is 2.50 bits per heavy atom. The molecule has 1 heterocycles. The lowest BCUT2D eigenvalue weighted by molar-refractivity contribution is 0.0523. The van der Waals surface area contributed by atoms with Crippen LogP contribution in [0.3, 0.4) is 0 Å². The van der Waals surface area contributed by atoms with Crippen LogP contribution in [-0.2, 0) is 17.7 Å². The molecule has 1 N–H and O–H groups in total. The van der Waals surface area contributed by atoms with Crippen LogP contribution in [0, 0.1) is 18.9 Å². The van der Waals surface area contributed by atoms with Gasteiger partial charge in [0.2, 0.25) is 0 Å². The number of aromatic nitrogens is 1. The zero-order valence-electron chi connectivity index (χ0n) is 18.8. The van der Waals surface area contributed by atoms with Crippen LogP contribution in [0.1, 0.15) is 51.4 Å². The van der Waals surface area contributed by atoms with E-state index in [-0.39, 0.29) is 0 Å². The lowest BCUT2D eigenvalue weighted by Gasteiger charge is -2.22. The number of amides is 1. The highest BCUT2D eigenvalue weighted by Gasteiger charge is 2.20. The van der Waals surface area contributed by atoms with Gasteiger partial charge >= 0.3 is 6.09 Å². The van der Waals surface area contributed by atoms with Crippen LogP contribution in [0.4, 0.5) is 4.79 Å². The number of nitrogens with one attached hydrogen (secondary N) is 1. The summed E-state index contributed by atoms with van der Waals surface area (Å²) in [5.74, 6) is 0.441. The zero-order chi connectivity index (χ0) is 21.9. The molecule has 0 atom stereocenters. The fourth-order valence-corrected chi connectivity index (χ4v) is 3.51. The Morgan fingerprint density at radius 1 is 1.17 bits per heavy atom. The Kier molecular flexibility index (Phi) is 6.45. The molecular weight excluding hydrogens is 372 g/mol. The summed E-state index contributed by atoms with van der Waals surface area (Å²) in [4.78, 5) is 17.3. The highest BCUT2D eigenvalue weighted by Crippen LogP contribution is 2.34. The maximum atomic E-state index is 12.4. The highest BCUT2D eigenvalue weighted by atomic mass is 16.6. The maximum absolute atomic E-state index is 12.4. The van der Waals surface area contributed by atoms with Gasteiger partial charge in [0.1, 0.15) is 5.60 Å². The summed E-state index contributed by atoms with van der Waals surface area (Å²) in [5, 5.41) is 3.98. The minimum absolute atomic E-state index is 0.359. The SMILES string of the molecule is Cc1ccc(-c2c(CNC(=O)OC(C)(C)C)c(CC(C)C)nc3cc[c]cc23)cc1. The van der Waals surface area contributed by atoms with E-state index in [1.54, 1.807) is 0 Å². The molecule has 157 valence electrons. The first-order valence-electron chi connectivity index (χ1n) is 10.5. The molecule has 0 aliphatic heterocycles. The number of alkyl carbamates (subject to hydrolysis) is 1. The molecule has 0 fully saturated rings. The minimum Gasteiger partial charge on any atom is -0.444 e. The van der Waals surface area contributed by atoms with E-state index < -0.39 is 11.7 Å². The van der Waals surface area contributed by atoms with E-state index in [4.69, 9.17) is 9.72 Å². The Balaban J connectivity index is 2.14. The van der Waals surface area contributed by atoms with Crippen molar-refractivity contribution in [1.29, 1.82) is 0 Å². The summed E-state index contributed by atoms with van der Waals surface area (Å²) in [7, 11) is 0. The number of carbonyl (C=O) groups excluding carboxylic acids is 1. The second kappa shape index (κ2) is 8.86. The van der Waals surface area contributed by atoms with Crippen molar-refractivity contribution in [3.63, 3.8) is 0 Å². The van der Waals surface area contributed by atoms with E-state index >= 15 is 0 Å². The number of hydrogen-bond acceptors (Lipinski definition) is 3. The zero-order valence-corrected chi connectivity index (χ0v) is 18.8. The molecule has 3 aromatic rings. The number of pyridine rings is 1. The third-order valence-electron chi connectivity index (χ3n) is 4.77. The normalized spacial score (nSPS) is 11.7. The minimum atomic E-state index is -0.540. The van der Waals surface area contributed by atoms with Crippen molar-refractivity contribution in [3.05, 3.63) is 65.4 Å². The first kappa shape index (κ1) is 21.8. The van der Waals surface area contributed by atoms with E-state index in [2.05, 4.69) is 56.4 Å². The van der Waals surface area contributed by atoms with Crippen LogP contribution in [-0.4, -0.2) is 16.7 Å². The van der Waals surface area contributed by atoms with E-state index in [1.165, 1.54) is 5.56 Å². The van der Waals surface area contributed by atoms with Crippen molar-refractivity contribution in [2.45, 2.75) is 60.1 Å². The van der Waals surface area contributed by atoms with Crippen LogP contribution in [0.25, 0.3) is 22.0 Å². The summed E-state index contributed by atoms with van der Waals surface area (Å²) < 4.78 is 5.45. The quantitative estimate of drug-likeness (QED) is 0.549. The predicted octanol–water partition coefficient (Wildman–Crippen LogP) is 6.23. The second-order valence-electron chi connectivity index (χ2n) is 9.17. The molecule has 30 heavy (non-hydrogen) atoms. The topological polar surface area (TPSA) is 51.2 Å². The number of nitrogens with zero attached hydrogens (tertiary/aromatic N) is 1. The van der Waals surface area contributed by atoms with Gasteiger partial charge in [0.05, 0.1) is 5.52 Å². The second-order valence-corrected chi connectivity index (χ2v) is 9.17. The van der Waals surface area contributed by atoms with Gasteiger partial charge in [-0.15, -0.1) is 0 Å². The highest BCUT2D eigenvalue weighted by molar-refractivity contribution is 5.96. The fraction of sp³-hybridized carbons (Fsp3) is 0.385. The Hall–Kier alpha value is -2.88. The molecule has 0 unspecified atom stereocenters. The third kappa shape index (κ3) is 5.38. The van der Waals surface area contributed by atoms with Gasteiger partial charge in [-0.2, -0.15) is 0 Å². The van der Waals surface area contributed by atoms with Crippen molar-refractivity contribution >= 4 is 17.0 Å². The smallest absolute Gasteiger partial charge is 0.407 e. The van der Waals surface area contributed by atoms with Crippen molar-refractivity contribution in [2.24, 2.45) is 5.92 Å². The number of benzene rings is 2. The van der Waals surface area contributed by atoms with Gasteiger partial charge in [0.15, 0.2) is 0 Å². The number of ether oxygens (including phenoxy) is 1. The average Bonchev–Trinajstić information content (AvgIpc) is 2.65. The molecule has 4 nitrogen and oxygen atoms in total. The van der Waals surface area contributed by atoms with E-state index in [0.29, 0.717) is 12.5 Å². The lowest BCUT2D eigenvalue weighted by Crippen LogP contribution is -2.32. The Labute approximate surface area is 179 Å². The number of aryl methyl sites for hydroxylation is 1. The number of fused-ring (bicyclic) bond motifs is 1. The van der Waals surface area contributed by atoms with Gasteiger partial charge in [-0.3, -0.25) is 4.98 Å². The van der Waals surface area contributed by atoms with Crippen molar-refractivity contribution < 1.29 is 9.53 Å². The molecule has 1 radical (unpaired) electrons. The molecule has 0 spiro atoms. The number of carbonyl (C=O) groups is 1. The van der Waals surface area contributed by atoms with Gasteiger partial charge < -0.3 is 10.1 Å². The Morgan fingerprint density at radius 2 is 1.87 bits per heavy atom. The van der Waals surface area contributed by atoms with Gasteiger partial charge in [0.25, 0.3) is 0 Å². The van der Waals surface area contributed by atoms with E-state index in [9.17, 15) is 4.79 Å². The fourth-order valence-electron chi connectivity index (χ4n) is 3.51. The first-order chi connectivity index (χ1) is 14.1. The molecule has 2 aromatic carbocycles. The largest absolute Gasteiger partial charge is 0.444 e. The molecule has 1 amide bonds. The standard InChI is InChI=1S/C26H31N2O2/c1-17(2)15-23-21(16-27-25(29)30-26(4,5)6)24(19-13-11-18(3)12-14-19)20-9-7-8-10-22(20)28-23/h8-14,17H,15-16H2,1-6H3,(H,27,29). The summed E-state index contributed by atoms with van der Waals surface area (Å²) in [5.41, 5.74) is 5.87. The number of hydrogen-bond donors (Lipinski definition) is 1. The summed E-state index contributed by atoms with van der Waals surface area (Å²) in [6, 6.07) is 17.6. The molecule has 0 bridgehead atoms. The summed E-state index contributed by atoms with van der Waals surface area (Å²) >= 11 is 0. The average molecular weight is 404 g/mol. The van der Waals surface area contributed by atoms with Gasteiger partial charge in [-0.25, -0.2) is 4.79 Å². The molecule has 1 aromatic heterocycles. The predicted molar refractivity (Wildman–Crippen MR) is 122 cm³/mol. The first-order valence-corrected chi connectivity index (χ1v) is 10.5. The molecule has 0 saturated heterocycles. The number of rotatable bonds is 5. The summed E-state index contributed by atoms with van der Waals surface area (Å²) in [6.45, 7) is 12.4. The van der Waals surface area contributed by atoms with Crippen LogP contribution < -0.4 is 5.32 Å². The Bertz CT molecular complexity index is 1030. The van der Waals surface area contributed by atoms with Crippen LogP contribution >= 0.6 is 0 Å². The van der Waals surface area contributed by atoms with Crippen LogP contribution in [0.5, 0.6) is 0 Å². The van der Waals surface area contributed by atoms with Gasteiger partial charge in [0, 0.05) is 23.2 Å². The van der Waals surface area contributed by atoms with Crippen LogP contribution in [0.15, 0.2) is 42.5 Å². The molecule has 0 aliphatic carbocycles. The molecular formula is C26H31N2O2. The molecule has 4 heteroatoms. The van der Waals surface area contributed by atoms with E-state index in [1.807, 2.05) is 39.0 Å². The monoisotopic (exact) mass is 403 g/mol. The van der Waals surface area contributed by atoms with Crippen LogP contribution in [0.2, 0.25) is 0 Å².